The molecule has 3 aromatic carbocycles. The zero-order valence-electron chi connectivity index (χ0n) is 18.0. The van der Waals surface area contributed by atoms with Crippen molar-refractivity contribution in [2.75, 3.05) is 7.11 Å². The number of urea groups is 1. The normalized spacial score (nSPS) is 14.5. The highest BCUT2D eigenvalue weighted by molar-refractivity contribution is 9.10. The average Bonchev–Trinajstić information content (AvgIpc) is 3.07. The summed E-state index contributed by atoms with van der Waals surface area (Å²) in [5.41, 5.74) is 2.39. The minimum atomic E-state index is -0.541. The van der Waals surface area contributed by atoms with Gasteiger partial charge >= 0.3 is 6.03 Å². The van der Waals surface area contributed by atoms with Gasteiger partial charge in [-0.05, 0) is 75.1 Å². The van der Waals surface area contributed by atoms with Gasteiger partial charge < -0.3 is 14.8 Å². The van der Waals surface area contributed by atoms with Crippen molar-refractivity contribution >= 4 is 49.9 Å². The Hall–Kier alpha value is -3.17. The second-order valence-corrected chi connectivity index (χ2v) is 9.23. The first kappa shape index (κ1) is 24.0. The molecule has 6 nitrogen and oxygen atoms in total. The van der Waals surface area contributed by atoms with Crippen LogP contribution in [-0.2, 0) is 17.9 Å². The van der Waals surface area contributed by atoms with Crippen LogP contribution in [0, 0.1) is 5.82 Å². The first-order valence-corrected chi connectivity index (χ1v) is 11.8. The zero-order chi connectivity index (χ0) is 24.2. The number of rotatable bonds is 7. The highest BCUT2D eigenvalue weighted by atomic mass is 79.9. The van der Waals surface area contributed by atoms with Gasteiger partial charge in [0, 0.05) is 4.47 Å². The minimum Gasteiger partial charge on any atom is -0.493 e. The van der Waals surface area contributed by atoms with Crippen molar-refractivity contribution in [1.82, 2.24) is 10.2 Å². The highest BCUT2D eigenvalue weighted by Gasteiger charge is 2.33. The SMILES string of the molecule is COc1cc(/C=C2/NC(=O)N(Cc3ccc(F)cc3)C2=O)cc(Br)c1OCc1ccc(Br)cc1. The lowest BCUT2D eigenvalue weighted by Gasteiger charge is -2.14. The molecule has 9 heteroatoms. The number of nitrogens with zero attached hydrogens (tertiary/aromatic N) is 1. The van der Waals surface area contributed by atoms with Crippen molar-refractivity contribution < 1.29 is 23.5 Å². The molecule has 0 aliphatic carbocycles. The molecule has 0 spiro atoms. The van der Waals surface area contributed by atoms with Crippen LogP contribution in [0.3, 0.4) is 0 Å². The molecular formula is C25H19Br2FN2O4. The zero-order valence-corrected chi connectivity index (χ0v) is 21.2. The summed E-state index contributed by atoms with van der Waals surface area (Å²) in [5.74, 6) is 0.135. The molecule has 0 unspecified atom stereocenters. The fraction of sp³-hybridized carbons (Fsp3) is 0.120. The molecule has 1 saturated heterocycles. The summed E-state index contributed by atoms with van der Waals surface area (Å²) in [6.45, 7) is 0.383. The van der Waals surface area contributed by atoms with Crippen molar-refractivity contribution in [2.24, 2.45) is 0 Å². The van der Waals surface area contributed by atoms with E-state index in [1.165, 1.54) is 31.4 Å². The van der Waals surface area contributed by atoms with E-state index in [1.54, 1.807) is 18.2 Å². The molecule has 4 rings (SSSR count). The number of imide groups is 1. The van der Waals surface area contributed by atoms with Crippen LogP contribution in [0.2, 0.25) is 0 Å². The van der Waals surface area contributed by atoms with Gasteiger partial charge in [0.2, 0.25) is 0 Å². The van der Waals surface area contributed by atoms with Gasteiger partial charge in [0.05, 0.1) is 18.1 Å². The third-order valence-electron chi connectivity index (χ3n) is 5.08. The fourth-order valence-corrected chi connectivity index (χ4v) is 4.19. The molecule has 1 N–H and O–H groups in total. The Balaban J connectivity index is 1.52. The third-order valence-corrected chi connectivity index (χ3v) is 6.19. The Morgan fingerprint density at radius 3 is 2.35 bits per heavy atom. The van der Waals surface area contributed by atoms with Gasteiger partial charge in [-0.15, -0.1) is 0 Å². The number of nitrogens with one attached hydrogen (secondary N) is 1. The molecule has 3 aromatic rings. The molecule has 0 saturated carbocycles. The molecule has 1 fully saturated rings. The quantitative estimate of drug-likeness (QED) is 0.270. The van der Waals surface area contributed by atoms with Gasteiger partial charge in [0.1, 0.15) is 18.1 Å². The summed E-state index contributed by atoms with van der Waals surface area (Å²) in [4.78, 5) is 26.2. The van der Waals surface area contributed by atoms with Crippen molar-refractivity contribution in [3.63, 3.8) is 0 Å². The number of amides is 3. The molecule has 0 bridgehead atoms. The smallest absolute Gasteiger partial charge is 0.329 e. The maximum absolute atomic E-state index is 13.1. The number of methoxy groups -OCH3 is 1. The van der Waals surface area contributed by atoms with Crippen molar-refractivity contribution in [3.8, 4) is 11.5 Å². The van der Waals surface area contributed by atoms with Crippen LogP contribution in [0.4, 0.5) is 9.18 Å². The summed E-state index contributed by atoms with van der Waals surface area (Å²) in [6.07, 6.45) is 1.57. The van der Waals surface area contributed by atoms with E-state index < -0.39 is 11.9 Å². The second-order valence-electron chi connectivity index (χ2n) is 7.46. The molecular weight excluding hydrogens is 571 g/mol. The van der Waals surface area contributed by atoms with E-state index in [-0.39, 0.29) is 18.1 Å². The lowest BCUT2D eigenvalue weighted by atomic mass is 10.1. The van der Waals surface area contributed by atoms with Crippen LogP contribution < -0.4 is 14.8 Å². The summed E-state index contributed by atoms with van der Waals surface area (Å²) in [6, 6.07) is 16.4. The predicted octanol–water partition coefficient (Wildman–Crippen LogP) is 6.03. The molecule has 3 amide bonds. The van der Waals surface area contributed by atoms with Crippen LogP contribution >= 0.6 is 31.9 Å². The number of halogens is 3. The first-order valence-electron chi connectivity index (χ1n) is 10.2. The highest BCUT2D eigenvalue weighted by Crippen LogP contribution is 2.38. The van der Waals surface area contributed by atoms with E-state index in [1.807, 2.05) is 24.3 Å². The van der Waals surface area contributed by atoms with E-state index in [0.29, 0.717) is 33.7 Å². The Morgan fingerprint density at radius 1 is 1.00 bits per heavy atom. The van der Waals surface area contributed by atoms with Crippen molar-refractivity contribution in [1.29, 1.82) is 0 Å². The number of carbonyl (C=O) groups is 2. The van der Waals surface area contributed by atoms with Gasteiger partial charge in [-0.25, -0.2) is 9.18 Å². The summed E-state index contributed by atoms with van der Waals surface area (Å²) < 4.78 is 26.2. The van der Waals surface area contributed by atoms with E-state index in [4.69, 9.17) is 9.47 Å². The lowest BCUT2D eigenvalue weighted by Crippen LogP contribution is -2.30. The number of hydrogen-bond donors (Lipinski definition) is 1. The third kappa shape index (κ3) is 5.48. The predicted molar refractivity (Wildman–Crippen MR) is 133 cm³/mol. The summed E-state index contributed by atoms with van der Waals surface area (Å²) in [7, 11) is 1.53. The fourth-order valence-electron chi connectivity index (χ4n) is 3.35. The molecule has 0 aromatic heterocycles. The van der Waals surface area contributed by atoms with E-state index in [2.05, 4.69) is 37.2 Å². The van der Waals surface area contributed by atoms with Crippen molar-refractivity contribution in [3.05, 3.63) is 97.8 Å². The molecule has 0 radical (unpaired) electrons. The summed E-state index contributed by atoms with van der Waals surface area (Å²) >= 11 is 6.92. The monoisotopic (exact) mass is 588 g/mol. The Bertz CT molecular complexity index is 1260. The Kier molecular flexibility index (Phi) is 7.33. The average molecular weight is 590 g/mol. The maximum Gasteiger partial charge on any atom is 0.329 e. The van der Waals surface area contributed by atoms with Gasteiger partial charge in [-0.1, -0.05) is 40.2 Å². The molecule has 0 atom stereocenters. The van der Waals surface area contributed by atoms with Crippen molar-refractivity contribution in [2.45, 2.75) is 13.2 Å². The second kappa shape index (κ2) is 10.4. The van der Waals surface area contributed by atoms with Crippen LogP contribution in [0.1, 0.15) is 16.7 Å². The number of ether oxygens (including phenoxy) is 2. The van der Waals surface area contributed by atoms with Crippen LogP contribution in [-0.4, -0.2) is 23.9 Å². The largest absolute Gasteiger partial charge is 0.493 e. The van der Waals surface area contributed by atoms with Gasteiger partial charge in [0.25, 0.3) is 5.91 Å². The Labute approximate surface area is 212 Å². The van der Waals surface area contributed by atoms with E-state index in [0.717, 1.165) is 14.9 Å². The standard InChI is InChI=1S/C25H19Br2FN2O4/c1-33-22-12-17(10-20(27)23(22)34-14-16-2-6-18(26)7-3-16)11-21-24(31)30(25(32)29-21)13-15-4-8-19(28)9-5-15/h2-12H,13-14H2,1H3,(H,29,32)/b21-11+. The van der Waals surface area contributed by atoms with E-state index >= 15 is 0 Å². The van der Waals surface area contributed by atoms with Gasteiger partial charge in [-0.3, -0.25) is 9.69 Å². The van der Waals surface area contributed by atoms with Crippen LogP contribution in [0.15, 0.2) is 75.3 Å². The number of carbonyl (C=O) groups excluding carboxylic acids is 2. The van der Waals surface area contributed by atoms with Crippen LogP contribution in [0.5, 0.6) is 11.5 Å². The maximum atomic E-state index is 13.1. The topological polar surface area (TPSA) is 67.9 Å². The Morgan fingerprint density at radius 2 is 1.68 bits per heavy atom. The van der Waals surface area contributed by atoms with Gasteiger partial charge in [0.15, 0.2) is 11.5 Å². The molecule has 174 valence electrons. The lowest BCUT2D eigenvalue weighted by molar-refractivity contribution is -0.123. The number of benzene rings is 3. The molecule has 1 aliphatic heterocycles. The molecule has 1 heterocycles. The number of hydrogen-bond acceptors (Lipinski definition) is 4. The molecule has 1 aliphatic rings. The first-order chi connectivity index (χ1) is 16.3. The van der Waals surface area contributed by atoms with Crippen LogP contribution in [0.25, 0.3) is 6.08 Å². The summed E-state index contributed by atoms with van der Waals surface area (Å²) in [5, 5.41) is 2.59. The van der Waals surface area contributed by atoms with Gasteiger partial charge in [-0.2, -0.15) is 0 Å². The molecule has 34 heavy (non-hydrogen) atoms. The minimum absolute atomic E-state index is 0.0398. The van der Waals surface area contributed by atoms with E-state index in [9.17, 15) is 14.0 Å².